The summed E-state index contributed by atoms with van der Waals surface area (Å²) in [6.07, 6.45) is 0. The van der Waals surface area contributed by atoms with E-state index in [-0.39, 0.29) is 19.1 Å². The van der Waals surface area contributed by atoms with Crippen LogP contribution in [0, 0.1) is 0 Å². The maximum atomic E-state index is 11.9. The minimum atomic E-state index is -0.302. The molecule has 0 radical (unpaired) electrons. The molecule has 0 aliphatic carbocycles. The van der Waals surface area contributed by atoms with Crippen molar-refractivity contribution < 1.29 is 19.4 Å². The minimum absolute atomic E-state index is 0.166. The zero-order chi connectivity index (χ0) is 15.9. The van der Waals surface area contributed by atoms with Crippen LogP contribution >= 0.6 is 11.6 Å². The van der Waals surface area contributed by atoms with Crippen LogP contribution in [0.15, 0.2) is 42.5 Å². The molecule has 2 aromatic carbocycles. The molecule has 1 amide bonds. The summed E-state index contributed by atoms with van der Waals surface area (Å²) in [6.45, 7) is -0.378. The average molecular weight is 322 g/mol. The van der Waals surface area contributed by atoms with E-state index >= 15 is 0 Å². The molecule has 0 fully saturated rings. The van der Waals surface area contributed by atoms with E-state index in [1.165, 1.54) is 0 Å². The fourth-order valence-electron chi connectivity index (χ4n) is 1.83. The quantitative estimate of drug-likeness (QED) is 0.858. The number of aliphatic hydroxyl groups excluding tert-OH is 1. The van der Waals surface area contributed by atoms with Gasteiger partial charge in [-0.2, -0.15) is 0 Å². The first-order chi connectivity index (χ1) is 10.6. The van der Waals surface area contributed by atoms with Crippen LogP contribution in [-0.2, 0) is 11.4 Å². The maximum absolute atomic E-state index is 11.9. The highest BCUT2D eigenvalue weighted by atomic mass is 35.5. The van der Waals surface area contributed by atoms with E-state index in [2.05, 4.69) is 5.32 Å². The number of amides is 1. The first-order valence-corrected chi connectivity index (χ1v) is 6.96. The molecule has 0 unspecified atom stereocenters. The Morgan fingerprint density at radius 3 is 2.59 bits per heavy atom. The number of methoxy groups -OCH3 is 1. The predicted molar refractivity (Wildman–Crippen MR) is 84.5 cm³/mol. The van der Waals surface area contributed by atoms with Gasteiger partial charge in [0, 0.05) is 16.3 Å². The second-order valence-corrected chi connectivity index (χ2v) is 4.91. The molecule has 116 valence electrons. The van der Waals surface area contributed by atoms with E-state index in [1.807, 2.05) is 0 Å². The number of ether oxygens (including phenoxy) is 2. The van der Waals surface area contributed by atoms with Gasteiger partial charge in [0.2, 0.25) is 0 Å². The summed E-state index contributed by atoms with van der Waals surface area (Å²) in [6, 6.07) is 11.8. The van der Waals surface area contributed by atoms with Gasteiger partial charge in [-0.3, -0.25) is 4.79 Å². The van der Waals surface area contributed by atoms with E-state index in [9.17, 15) is 9.90 Å². The highest BCUT2D eigenvalue weighted by Crippen LogP contribution is 2.23. The fourth-order valence-corrected chi connectivity index (χ4v) is 2.02. The molecule has 22 heavy (non-hydrogen) atoms. The van der Waals surface area contributed by atoms with E-state index < -0.39 is 0 Å². The van der Waals surface area contributed by atoms with Crippen molar-refractivity contribution in [1.29, 1.82) is 0 Å². The summed E-state index contributed by atoms with van der Waals surface area (Å²) >= 11 is 5.83. The summed E-state index contributed by atoms with van der Waals surface area (Å²) in [5.41, 5.74) is 1.18. The Hall–Kier alpha value is -2.24. The Balaban J connectivity index is 1.92. The molecule has 2 aromatic rings. The Bertz CT molecular complexity index is 643. The Labute approximate surface area is 133 Å². The first kappa shape index (κ1) is 16.1. The third-order valence-electron chi connectivity index (χ3n) is 2.93. The van der Waals surface area contributed by atoms with Crippen molar-refractivity contribution in [3.63, 3.8) is 0 Å². The lowest BCUT2D eigenvalue weighted by Gasteiger charge is -2.11. The van der Waals surface area contributed by atoms with Crippen LogP contribution in [0.1, 0.15) is 5.56 Å². The Morgan fingerprint density at radius 2 is 1.95 bits per heavy atom. The van der Waals surface area contributed by atoms with E-state index in [4.69, 9.17) is 21.1 Å². The maximum Gasteiger partial charge on any atom is 0.262 e. The largest absolute Gasteiger partial charge is 0.497 e. The van der Waals surface area contributed by atoms with Crippen LogP contribution in [-0.4, -0.2) is 24.7 Å². The lowest BCUT2D eigenvalue weighted by molar-refractivity contribution is -0.118. The molecule has 0 saturated heterocycles. The lowest BCUT2D eigenvalue weighted by atomic mass is 10.2. The van der Waals surface area contributed by atoms with Crippen molar-refractivity contribution in [2.75, 3.05) is 19.0 Å². The van der Waals surface area contributed by atoms with Gasteiger partial charge in [-0.05, 0) is 42.5 Å². The van der Waals surface area contributed by atoms with Crippen molar-refractivity contribution >= 4 is 23.2 Å². The fraction of sp³-hybridized carbons (Fsp3) is 0.188. The van der Waals surface area contributed by atoms with E-state index in [1.54, 1.807) is 49.6 Å². The van der Waals surface area contributed by atoms with Crippen LogP contribution in [0.25, 0.3) is 0 Å². The zero-order valence-corrected chi connectivity index (χ0v) is 12.8. The predicted octanol–water partition coefficient (Wildman–Crippen LogP) is 2.86. The molecular weight excluding hydrogens is 306 g/mol. The Morgan fingerprint density at radius 1 is 1.23 bits per heavy atom. The minimum Gasteiger partial charge on any atom is -0.497 e. The van der Waals surface area contributed by atoms with Gasteiger partial charge in [-0.25, -0.2) is 0 Å². The molecule has 0 atom stereocenters. The smallest absolute Gasteiger partial charge is 0.262 e. The third kappa shape index (κ3) is 4.38. The molecule has 5 nitrogen and oxygen atoms in total. The highest BCUT2D eigenvalue weighted by Gasteiger charge is 2.08. The van der Waals surface area contributed by atoms with Crippen LogP contribution < -0.4 is 14.8 Å². The summed E-state index contributed by atoms with van der Waals surface area (Å²) in [7, 11) is 1.58. The summed E-state index contributed by atoms with van der Waals surface area (Å²) in [5.74, 6) is 0.837. The average Bonchev–Trinajstić information content (AvgIpc) is 2.54. The number of nitrogens with one attached hydrogen (secondary N) is 1. The summed E-state index contributed by atoms with van der Waals surface area (Å²) < 4.78 is 10.4. The van der Waals surface area contributed by atoms with E-state index in [0.29, 0.717) is 27.8 Å². The molecule has 0 saturated carbocycles. The first-order valence-electron chi connectivity index (χ1n) is 6.58. The van der Waals surface area contributed by atoms with Crippen molar-refractivity contribution in [2.24, 2.45) is 0 Å². The van der Waals surface area contributed by atoms with Gasteiger partial charge < -0.3 is 19.9 Å². The molecular formula is C16H16ClNO4. The van der Waals surface area contributed by atoms with Gasteiger partial charge >= 0.3 is 0 Å². The number of hydrogen-bond acceptors (Lipinski definition) is 4. The van der Waals surface area contributed by atoms with Crippen LogP contribution in [0.2, 0.25) is 5.02 Å². The Kier molecular flexibility index (Phi) is 5.63. The topological polar surface area (TPSA) is 67.8 Å². The molecule has 2 rings (SSSR count). The second kappa shape index (κ2) is 7.68. The van der Waals surface area contributed by atoms with Gasteiger partial charge in [0.15, 0.2) is 6.61 Å². The molecule has 0 aliphatic heterocycles. The number of carbonyl (C=O) groups excluding carboxylic acids is 1. The lowest BCUT2D eigenvalue weighted by Crippen LogP contribution is -2.20. The van der Waals surface area contributed by atoms with Crippen molar-refractivity contribution in [3.05, 3.63) is 53.1 Å². The highest BCUT2D eigenvalue weighted by molar-refractivity contribution is 6.30. The zero-order valence-electron chi connectivity index (χ0n) is 12.0. The number of aliphatic hydroxyl groups is 1. The number of benzene rings is 2. The van der Waals surface area contributed by atoms with Crippen molar-refractivity contribution in [3.8, 4) is 11.5 Å². The SMILES string of the molecule is COc1ccc(NC(=O)COc2ccc(Cl)cc2CO)cc1. The number of hydrogen-bond donors (Lipinski definition) is 2. The van der Waals surface area contributed by atoms with Crippen molar-refractivity contribution in [1.82, 2.24) is 0 Å². The standard InChI is InChI=1S/C16H16ClNO4/c1-21-14-5-3-13(4-6-14)18-16(20)10-22-15-7-2-12(17)8-11(15)9-19/h2-8,19H,9-10H2,1H3,(H,18,20). The molecule has 2 N–H and O–H groups in total. The van der Waals surface area contributed by atoms with Gasteiger partial charge in [-0.1, -0.05) is 11.6 Å². The molecule has 0 aliphatic rings. The van der Waals surface area contributed by atoms with Crippen LogP contribution in [0.3, 0.4) is 0 Å². The number of carbonyl (C=O) groups is 1. The van der Waals surface area contributed by atoms with Crippen LogP contribution in [0.5, 0.6) is 11.5 Å². The normalized spacial score (nSPS) is 10.1. The second-order valence-electron chi connectivity index (χ2n) is 4.48. The molecule has 0 bridgehead atoms. The van der Waals surface area contributed by atoms with Crippen molar-refractivity contribution in [2.45, 2.75) is 6.61 Å². The molecule has 0 aromatic heterocycles. The monoisotopic (exact) mass is 321 g/mol. The number of anilines is 1. The van der Waals surface area contributed by atoms with E-state index in [0.717, 1.165) is 0 Å². The summed E-state index contributed by atoms with van der Waals surface area (Å²) in [5, 5.41) is 12.4. The molecule has 0 heterocycles. The molecule has 0 spiro atoms. The third-order valence-corrected chi connectivity index (χ3v) is 3.16. The van der Waals surface area contributed by atoms with Crippen LogP contribution in [0.4, 0.5) is 5.69 Å². The number of halogens is 1. The van der Waals surface area contributed by atoms with Gasteiger partial charge in [-0.15, -0.1) is 0 Å². The van der Waals surface area contributed by atoms with Gasteiger partial charge in [0.05, 0.1) is 13.7 Å². The molecule has 6 heteroatoms. The van der Waals surface area contributed by atoms with Gasteiger partial charge in [0.25, 0.3) is 5.91 Å². The summed E-state index contributed by atoms with van der Waals surface area (Å²) in [4.78, 5) is 11.9. The van der Waals surface area contributed by atoms with Gasteiger partial charge in [0.1, 0.15) is 11.5 Å². The number of rotatable bonds is 6.